The van der Waals surface area contributed by atoms with Crippen LogP contribution in [-0.4, -0.2) is 25.0 Å². The van der Waals surface area contributed by atoms with Gasteiger partial charge in [0.2, 0.25) is 11.8 Å². The van der Waals surface area contributed by atoms with E-state index < -0.39 is 6.04 Å². The van der Waals surface area contributed by atoms with Crippen LogP contribution in [0.4, 0.5) is 0 Å². The molecule has 0 heterocycles. The highest BCUT2D eigenvalue weighted by atomic mass is 16.5. The number of methoxy groups -OCH3 is 1. The van der Waals surface area contributed by atoms with Gasteiger partial charge in [-0.15, -0.1) is 0 Å². The number of carbonyl (C=O) groups excluding carboxylic acids is 2. The molecule has 0 bridgehead atoms. The summed E-state index contributed by atoms with van der Waals surface area (Å²) < 4.78 is 5.10. The molecule has 0 aliphatic carbocycles. The molecule has 0 spiro atoms. The van der Waals surface area contributed by atoms with Gasteiger partial charge in [-0.1, -0.05) is 42.0 Å². The van der Waals surface area contributed by atoms with Crippen LogP contribution >= 0.6 is 0 Å². The van der Waals surface area contributed by atoms with Gasteiger partial charge < -0.3 is 15.4 Å². The zero-order chi connectivity index (χ0) is 19.8. The van der Waals surface area contributed by atoms with Crippen molar-refractivity contribution in [3.8, 4) is 5.75 Å². The average molecular weight is 366 g/mol. The van der Waals surface area contributed by atoms with Gasteiger partial charge in [-0.25, -0.2) is 0 Å². The Kier molecular flexibility index (Phi) is 7.17. The molecule has 2 unspecified atom stereocenters. The van der Waals surface area contributed by atoms with Crippen molar-refractivity contribution in [2.45, 2.75) is 32.9 Å². The fraction of sp³-hybridized carbons (Fsp3) is 0.273. The molecule has 0 aliphatic heterocycles. The van der Waals surface area contributed by atoms with E-state index in [0.717, 1.165) is 16.9 Å². The molecular weight excluding hydrogens is 340 g/mol. The number of hydrogen-bond acceptors (Lipinski definition) is 3. The fourth-order valence-electron chi connectivity index (χ4n) is 2.49. The Morgan fingerprint density at radius 2 is 1.59 bits per heavy atom. The summed E-state index contributed by atoms with van der Waals surface area (Å²) >= 11 is 0. The Labute approximate surface area is 160 Å². The van der Waals surface area contributed by atoms with Gasteiger partial charge in [0.05, 0.1) is 13.2 Å². The quantitative estimate of drug-likeness (QED) is 0.738. The van der Waals surface area contributed by atoms with Crippen LogP contribution in [0.2, 0.25) is 0 Å². The Morgan fingerprint density at radius 3 is 2.19 bits per heavy atom. The van der Waals surface area contributed by atoms with E-state index in [1.165, 1.54) is 11.6 Å². The summed E-state index contributed by atoms with van der Waals surface area (Å²) in [5.74, 6) is 0.204. The molecule has 142 valence electrons. The smallest absolute Gasteiger partial charge is 0.244 e. The van der Waals surface area contributed by atoms with Crippen LogP contribution in [0.3, 0.4) is 0 Å². The molecule has 2 N–H and O–H groups in total. The van der Waals surface area contributed by atoms with Gasteiger partial charge in [0.25, 0.3) is 0 Å². The number of ether oxygens (including phenoxy) is 1. The zero-order valence-corrected chi connectivity index (χ0v) is 16.2. The highest BCUT2D eigenvalue weighted by Crippen LogP contribution is 2.13. The maximum absolute atomic E-state index is 12.3. The van der Waals surface area contributed by atoms with Crippen LogP contribution in [0.1, 0.15) is 36.6 Å². The van der Waals surface area contributed by atoms with E-state index in [4.69, 9.17) is 4.74 Å². The van der Waals surface area contributed by atoms with Crippen molar-refractivity contribution < 1.29 is 14.3 Å². The lowest BCUT2D eigenvalue weighted by Crippen LogP contribution is -2.45. The molecule has 2 rings (SSSR count). The highest BCUT2D eigenvalue weighted by Gasteiger charge is 2.17. The van der Waals surface area contributed by atoms with Gasteiger partial charge in [-0.3, -0.25) is 9.59 Å². The largest absolute Gasteiger partial charge is 0.497 e. The van der Waals surface area contributed by atoms with Crippen molar-refractivity contribution in [1.29, 1.82) is 0 Å². The lowest BCUT2D eigenvalue weighted by molar-refractivity contribution is -0.127. The van der Waals surface area contributed by atoms with Gasteiger partial charge >= 0.3 is 0 Å². The lowest BCUT2D eigenvalue weighted by atomic mass is 10.1. The summed E-state index contributed by atoms with van der Waals surface area (Å²) in [6, 6.07) is 14.6. The number of carbonyl (C=O) groups is 2. The monoisotopic (exact) mass is 366 g/mol. The van der Waals surface area contributed by atoms with E-state index in [2.05, 4.69) is 10.6 Å². The second-order valence-electron chi connectivity index (χ2n) is 6.48. The molecule has 0 fully saturated rings. The molecule has 0 saturated carbocycles. The van der Waals surface area contributed by atoms with Gasteiger partial charge in [0.15, 0.2) is 0 Å². The summed E-state index contributed by atoms with van der Waals surface area (Å²) in [6.45, 7) is 5.60. The van der Waals surface area contributed by atoms with Crippen molar-refractivity contribution in [2.24, 2.45) is 0 Å². The standard InChI is InChI=1S/C22H26N2O3/c1-15-5-10-19(11-6-15)16(2)24-22(26)17(3)23-21(25)14-9-18-7-12-20(27-4)13-8-18/h5-14,16-17H,1-4H3,(H,23,25)(H,24,26)/b14-9+. The molecule has 27 heavy (non-hydrogen) atoms. The Bertz CT molecular complexity index is 795. The summed E-state index contributed by atoms with van der Waals surface area (Å²) in [7, 11) is 1.60. The van der Waals surface area contributed by atoms with Crippen LogP contribution in [-0.2, 0) is 9.59 Å². The number of rotatable bonds is 7. The number of amides is 2. The van der Waals surface area contributed by atoms with Crippen LogP contribution in [0.25, 0.3) is 6.08 Å². The number of benzene rings is 2. The third-order valence-corrected chi connectivity index (χ3v) is 4.23. The first kappa shape index (κ1) is 20.2. The third-order valence-electron chi connectivity index (χ3n) is 4.23. The molecular formula is C22H26N2O3. The Balaban J connectivity index is 1.86. The van der Waals surface area contributed by atoms with Crippen LogP contribution in [0, 0.1) is 6.92 Å². The van der Waals surface area contributed by atoms with Crippen LogP contribution in [0.15, 0.2) is 54.6 Å². The van der Waals surface area contributed by atoms with Gasteiger partial charge in [-0.05, 0) is 50.1 Å². The summed E-state index contributed by atoms with van der Waals surface area (Å²) in [4.78, 5) is 24.4. The molecule has 2 aromatic carbocycles. The molecule has 5 heteroatoms. The topological polar surface area (TPSA) is 67.4 Å². The first-order valence-electron chi connectivity index (χ1n) is 8.88. The predicted molar refractivity (Wildman–Crippen MR) is 107 cm³/mol. The number of nitrogens with one attached hydrogen (secondary N) is 2. The SMILES string of the molecule is COc1ccc(/C=C/C(=O)NC(C)C(=O)NC(C)c2ccc(C)cc2)cc1. The van der Waals surface area contributed by atoms with E-state index in [-0.39, 0.29) is 17.9 Å². The van der Waals surface area contributed by atoms with E-state index in [1.807, 2.05) is 62.4 Å². The second kappa shape index (κ2) is 9.57. The van der Waals surface area contributed by atoms with Gasteiger partial charge in [-0.2, -0.15) is 0 Å². The summed E-state index contributed by atoms with van der Waals surface area (Å²) in [5, 5.41) is 5.59. The Hall–Kier alpha value is -3.08. The van der Waals surface area contributed by atoms with Crippen molar-refractivity contribution in [3.63, 3.8) is 0 Å². The minimum absolute atomic E-state index is 0.132. The molecule has 0 aromatic heterocycles. The minimum atomic E-state index is -0.633. The van der Waals surface area contributed by atoms with Crippen molar-refractivity contribution >= 4 is 17.9 Å². The second-order valence-corrected chi connectivity index (χ2v) is 6.48. The Morgan fingerprint density at radius 1 is 0.963 bits per heavy atom. The maximum atomic E-state index is 12.3. The molecule has 0 aliphatic rings. The van der Waals surface area contributed by atoms with Crippen molar-refractivity contribution in [3.05, 3.63) is 71.3 Å². The van der Waals surface area contributed by atoms with Gasteiger partial charge in [0.1, 0.15) is 11.8 Å². The van der Waals surface area contributed by atoms with Crippen LogP contribution in [0.5, 0.6) is 5.75 Å². The molecule has 0 saturated heterocycles. The molecule has 2 amide bonds. The lowest BCUT2D eigenvalue weighted by Gasteiger charge is -2.18. The number of aryl methyl sites for hydroxylation is 1. The molecule has 2 aromatic rings. The minimum Gasteiger partial charge on any atom is -0.497 e. The third kappa shape index (κ3) is 6.29. The van der Waals surface area contributed by atoms with Crippen molar-refractivity contribution in [1.82, 2.24) is 10.6 Å². The fourth-order valence-corrected chi connectivity index (χ4v) is 2.49. The highest BCUT2D eigenvalue weighted by molar-refractivity contribution is 5.95. The van der Waals surface area contributed by atoms with E-state index >= 15 is 0 Å². The summed E-state index contributed by atoms with van der Waals surface area (Å²) in [5.41, 5.74) is 3.06. The summed E-state index contributed by atoms with van der Waals surface area (Å²) in [6.07, 6.45) is 3.10. The van der Waals surface area contributed by atoms with E-state index in [0.29, 0.717) is 0 Å². The van der Waals surface area contributed by atoms with Crippen molar-refractivity contribution in [2.75, 3.05) is 7.11 Å². The first-order valence-corrected chi connectivity index (χ1v) is 8.88. The predicted octanol–water partition coefficient (Wildman–Crippen LogP) is 3.40. The molecule has 2 atom stereocenters. The zero-order valence-electron chi connectivity index (χ0n) is 16.2. The van der Waals surface area contributed by atoms with E-state index in [1.54, 1.807) is 20.1 Å². The normalized spacial score (nSPS) is 13.0. The van der Waals surface area contributed by atoms with Crippen LogP contribution < -0.4 is 15.4 Å². The first-order chi connectivity index (χ1) is 12.9. The number of hydrogen-bond donors (Lipinski definition) is 2. The molecule has 5 nitrogen and oxygen atoms in total. The maximum Gasteiger partial charge on any atom is 0.244 e. The molecule has 0 radical (unpaired) electrons. The van der Waals surface area contributed by atoms with Gasteiger partial charge in [0, 0.05) is 6.08 Å². The average Bonchev–Trinajstić information content (AvgIpc) is 2.67. The van der Waals surface area contributed by atoms with E-state index in [9.17, 15) is 9.59 Å².